The van der Waals surface area contributed by atoms with Gasteiger partial charge < -0.3 is 15.3 Å². The van der Waals surface area contributed by atoms with Crippen LogP contribution in [0.4, 0.5) is 10.5 Å². The van der Waals surface area contributed by atoms with Crippen LogP contribution in [0.3, 0.4) is 0 Å². The summed E-state index contributed by atoms with van der Waals surface area (Å²) in [5.74, 6) is 0. The van der Waals surface area contributed by atoms with Crippen LogP contribution in [0.1, 0.15) is 56.3 Å². The Balaban J connectivity index is 1.86. The molecule has 0 saturated heterocycles. The fourth-order valence-corrected chi connectivity index (χ4v) is 3.61. The number of aliphatic hydroxyl groups excluding tert-OH is 1. The van der Waals surface area contributed by atoms with Crippen LogP contribution in [-0.2, 0) is 6.54 Å². The van der Waals surface area contributed by atoms with Crippen molar-refractivity contribution in [2.75, 3.05) is 12.4 Å². The highest BCUT2D eigenvalue weighted by atomic mass is 16.3. The second kappa shape index (κ2) is 5.34. The Morgan fingerprint density at radius 2 is 2.00 bits per heavy atom. The monoisotopic (exact) mass is 288 g/mol. The molecule has 1 unspecified atom stereocenters. The molecule has 1 saturated carbocycles. The molecule has 1 atom stereocenters. The number of rotatable bonds is 2. The Labute approximate surface area is 126 Å². The summed E-state index contributed by atoms with van der Waals surface area (Å²) in [6.07, 6.45) is 5.44. The number of hydrogen-bond donors (Lipinski definition) is 2. The highest BCUT2D eigenvalue weighted by molar-refractivity contribution is 5.92. The Bertz CT molecular complexity index is 550. The maximum absolute atomic E-state index is 11.6. The van der Waals surface area contributed by atoms with Crippen molar-refractivity contribution >= 4 is 11.7 Å². The average Bonchev–Trinajstić information content (AvgIpc) is 2.48. The second-order valence-corrected chi connectivity index (χ2v) is 6.82. The van der Waals surface area contributed by atoms with Crippen molar-refractivity contribution in [3.05, 3.63) is 29.3 Å². The van der Waals surface area contributed by atoms with E-state index >= 15 is 0 Å². The van der Waals surface area contributed by atoms with Crippen molar-refractivity contribution in [3.63, 3.8) is 0 Å². The largest absolute Gasteiger partial charge is 0.388 e. The molecule has 1 aliphatic carbocycles. The lowest BCUT2D eigenvalue weighted by atomic mass is 9.70. The molecule has 114 valence electrons. The van der Waals surface area contributed by atoms with Gasteiger partial charge in [-0.3, -0.25) is 0 Å². The molecule has 3 rings (SSSR count). The van der Waals surface area contributed by atoms with E-state index in [-0.39, 0.29) is 11.4 Å². The number of nitrogens with one attached hydrogen (secondary N) is 1. The zero-order valence-electron chi connectivity index (χ0n) is 12.9. The predicted molar refractivity (Wildman–Crippen MR) is 83.1 cm³/mol. The van der Waals surface area contributed by atoms with Gasteiger partial charge in [0.2, 0.25) is 0 Å². The van der Waals surface area contributed by atoms with Crippen LogP contribution >= 0.6 is 0 Å². The molecule has 2 amide bonds. The maximum atomic E-state index is 11.6. The molecule has 2 N–H and O–H groups in total. The lowest BCUT2D eigenvalue weighted by Gasteiger charge is -2.38. The summed E-state index contributed by atoms with van der Waals surface area (Å²) >= 11 is 0. The smallest absolute Gasteiger partial charge is 0.321 e. The third-order valence-corrected chi connectivity index (χ3v) is 5.10. The third-order valence-electron chi connectivity index (χ3n) is 5.10. The number of amides is 2. The summed E-state index contributed by atoms with van der Waals surface area (Å²) < 4.78 is 0. The van der Waals surface area contributed by atoms with Gasteiger partial charge in [-0.2, -0.15) is 0 Å². The van der Waals surface area contributed by atoms with E-state index in [2.05, 4.69) is 18.3 Å². The van der Waals surface area contributed by atoms with Crippen molar-refractivity contribution in [1.29, 1.82) is 0 Å². The number of carbonyl (C=O) groups excluding carboxylic acids is 1. The molecular formula is C17H24N2O2. The lowest BCUT2D eigenvalue weighted by Crippen LogP contribution is -2.35. The Morgan fingerprint density at radius 1 is 1.29 bits per heavy atom. The first-order valence-electron chi connectivity index (χ1n) is 7.83. The highest BCUT2D eigenvalue weighted by Crippen LogP contribution is 2.46. The maximum Gasteiger partial charge on any atom is 0.321 e. The minimum Gasteiger partial charge on any atom is -0.388 e. The van der Waals surface area contributed by atoms with Crippen LogP contribution in [-0.4, -0.2) is 23.1 Å². The molecular weight excluding hydrogens is 264 g/mol. The lowest BCUT2D eigenvalue weighted by molar-refractivity contribution is 0.00813. The van der Waals surface area contributed by atoms with Crippen molar-refractivity contribution in [3.8, 4) is 0 Å². The molecule has 1 aromatic rings. The zero-order chi connectivity index (χ0) is 15.0. The number of urea groups is 1. The van der Waals surface area contributed by atoms with E-state index in [1.54, 1.807) is 11.9 Å². The normalized spacial score (nSPS) is 22.4. The summed E-state index contributed by atoms with van der Waals surface area (Å²) in [4.78, 5) is 13.3. The van der Waals surface area contributed by atoms with E-state index in [9.17, 15) is 9.90 Å². The van der Waals surface area contributed by atoms with Gasteiger partial charge in [0, 0.05) is 19.3 Å². The number of carbonyl (C=O) groups is 1. The second-order valence-electron chi connectivity index (χ2n) is 6.82. The summed E-state index contributed by atoms with van der Waals surface area (Å²) in [5.41, 5.74) is 2.90. The minimum absolute atomic E-state index is 0.0176. The van der Waals surface area contributed by atoms with E-state index in [1.807, 2.05) is 12.1 Å². The zero-order valence-corrected chi connectivity index (χ0v) is 12.9. The predicted octanol–water partition coefficient (Wildman–Crippen LogP) is 3.67. The fourth-order valence-electron chi connectivity index (χ4n) is 3.61. The molecule has 0 radical (unpaired) electrons. The summed E-state index contributed by atoms with van der Waals surface area (Å²) in [6.45, 7) is 2.79. The molecule has 1 fully saturated rings. The SMILES string of the molecule is CN1Cc2cc(C(O)C3(C)CCCCC3)ccc2NC1=O. The molecule has 1 aliphatic heterocycles. The molecule has 4 heteroatoms. The van der Waals surface area contributed by atoms with Gasteiger partial charge in [-0.15, -0.1) is 0 Å². The van der Waals surface area contributed by atoms with Crippen molar-refractivity contribution in [1.82, 2.24) is 4.90 Å². The number of aliphatic hydroxyl groups is 1. The number of fused-ring (bicyclic) bond motifs is 1. The Hall–Kier alpha value is -1.55. The highest BCUT2D eigenvalue weighted by Gasteiger charge is 2.35. The number of anilines is 1. The molecule has 21 heavy (non-hydrogen) atoms. The van der Waals surface area contributed by atoms with Gasteiger partial charge in [0.05, 0.1) is 6.10 Å². The average molecular weight is 288 g/mol. The summed E-state index contributed by atoms with van der Waals surface area (Å²) in [6, 6.07) is 5.85. The molecule has 0 aromatic heterocycles. The van der Waals surface area contributed by atoms with Crippen LogP contribution < -0.4 is 5.32 Å². The van der Waals surface area contributed by atoms with E-state index < -0.39 is 6.10 Å². The van der Waals surface area contributed by atoms with E-state index in [0.717, 1.165) is 29.7 Å². The van der Waals surface area contributed by atoms with Gasteiger partial charge >= 0.3 is 6.03 Å². The first-order chi connectivity index (χ1) is 9.99. The summed E-state index contributed by atoms with van der Waals surface area (Å²) in [7, 11) is 1.78. The van der Waals surface area contributed by atoms with E-state index in [1.165, 1.54) is 19.3 Å². The third kappa shape index (κ3) is 2.64. The van der Waals surface area contributed by atoms with Gasteiger partial charge in [0.25, 0.3) is 0 Å². The fraction of sp³-hybridized carbons (Fsp3) is 0.588. The van der Waals surface area contributed by atoms with Crippen molar-refractivity contribution in [2.45, 2.75) is 51.7 Å². The van der Waals surface area contributed by atoms with Crippen LogP contribution in [0.15, 0.2) is 18.2 Å². The van der Waals surface area contributed by atoms with Gasteiger partial charge in [-0.05, 0) is 41.5 Å². The molecule has 1 aromatic carbocycles. The molecule has 1 heterocycles. The van der Waals surface area contributed by atoms with Crippen molar-refractivity contribution in [2.24, 2.45) is 5.41 Å². The van der Waals surface area contributed by atoms with Gasteiger partial charge in [0.1, 0.15) is 0 Å². The first-order valence-corrected chi connectivity index (χ1v) is 7.83. The number of nitrogens with zero attached hydrogens (tertiary/aromatic N) is 1. The number of hydrogen-bond acceptors (Lipinski definition) is 2. The standard InChI is InChI=1S/C17H24N2O2/c1-17(8-4-3-5-9-17)15(20)12-6-7-14-13(10-12)11-19(2)16(21)18-14/h6-7,10,15,20H,3-5,8-9,11H2,1-2H3,(H,18,21). The molecule has 0 bridgehead atoms. The quantitative estimate of drug-likeness (QED) is 0.872. The summed E-state index contributed by atoms with van der Waals surface area (Å²) in [5, 5.41) is 13.7. The molecule has 2 aliphatic rings. The van der Waals surface area contributed by atoms with Gasteiger partial charge in [-0.1, -0.05) is 32.3 Å². The Kier molecular flexibility index (Phi) is 3.66. The van der Waals surface area contributed by atoms with Crippen LogP contribution in [0.2, 0.25) is 0 Å². The molecule has 0 spiro atoms. The van der Waals surface area contributed by atoms with E-state index in [0.29, 0.717) is 6.54 Å². The Morgan fingerprint density at radius 3 is 2.71 bits per heavy atom. The molecule has 4 nitrogen and oxygen atoms in total. The van der Waals surface area contributed by atoms with Crippen LogP contribution in [0.25, 0.3) is 0 Å². The van der Waals surface area contributed by atoms with Crippen LogP contribution in [0.5, 0.6) is 0 Å². The number of benzene rings is 1. The van der Waals surface area contributed by atoms with Crippen molar-refractivity contribution < 1.29 is 9.90 Å². The van der Waals surface area contributed by atoms with Gasteiger partial charge in [-0.25, -0.2) is 4.79 Å². The minimum atomic E-state index is -0.425. The van der Waals surface area contributed by atoms with Crippen LogP contribution in [0, 0.1) is 5.41 Å². The first kappa shape index (κ1) is 14.4. The van der Waals surface area contributed by atoms with E-state index in [4.69, 9.17) is 0 Å². The topological polar surface area (TPSA) is 52.6 Å². The van der Waals surface area contributed by atoms with Gasteiger partial charge in [0.15, 0.2) is 0 Å².